The van der Waals surface area contributed by atoms with Crippen molar-refractivity contribution < 1.29 is 17.9 Å². The first kappa shape index (κ1) is 14.7. The molecule has 0 aliphatic carbocycles. The van der Waals surface area contributed by atoms with E-state index in [1.54, 1.807) is 4.90 Å². The number of ether oxygens (including phenoxy) is 1. The van der Waals surface area contributed by atoms with E-state index < -0.39 is 9.84 Å². The van der Waals surface area contributed by atoms with Crippen molar-refractivity contribution in [3.8, 4) is 0 Å². The predicted octanol–water partition coefficient (Wildman–Crippen LogP) is -0.742. The zero-order valence-corrected chi connectivity index (χ0v) is 12.1. The van der Waals surface area contributed by atoms with Gasteiger partial charge in [0.25, 0.3) is 0 Å². The summed E-state index contributed by atoms with van der Waals surface area (Å²) in [7, 11) is -1.04. The van der Waals surface area contributed by atoms with Crippen molar-refractivity contribution in [2.45, 2.75) is 18.9 Å². The second-order valence-corrected chi connectivity index (χ2v) is 7.59. The van der Waals surface area contributed by atoms with Crippen molar-refractivity contribution >= 4 is 15.7 Å². The molecule has 6 nitrogen and oxygen atoms in total. The average molecular weight is 290 g/mol. The van der Waals surface area contributed by atoms with Crippen LogP contribution in [0.1, 0.15) is 12.8 Å². The van der Waals surface area contributed by atoms with E-state index >= 15 is 0 Å². The van der Waals surface area contributed by atoms with Crippen LogP contribution in [0, 0.1) is 5.92 Å². The summed E-state index contributed by atoms with van der Waals surface area (Å²) in [5.74, 6) is 0.467. The highest BCUT2D eigenvalue weighted by atomic mass is 32.2. The Hall–Kier alpha value is -0.660. The Balaban J connectivity index is 1.83. The molecule has 2 rings (SSSR count). The summed E-state index contributed by atoms with van der Waals surface area (Å²) in [6.45, 7) is 2.49. The largest absolute Gasteiger partial charge is 0.373 e. The molecule has 2 saturated heterocycles. The van der Waals surface area contributed by atoms with Crippen LogP contribution in [0.5, 0.6) is 0 Å². The number of nitrogens with zero attached hydrogens (tertiary/aromatic N) is 1. The fourth-order valence-electron chi connectivity index (χ4n) is 2.71. The van der Waals surface area contributed by atoms with Gasteiger partial charge < -0.3 is 15.0 Å². The molecule has 0 aromatic carbocycles. The van der Waals surface area contributed by atoms with Gasteiger partial charge >= 0.3 is 0 Å². The van der Waals surface area contributed by atoms with Gasteiger partial charge in [0.05, 0.1) is 24.2 Å². The zero-order chi connectivity index (χ0) is 13.9. The van der Waals surface area contributed by atoms with Crippen LogP contribution in [-0.2, 0) is 19.4 Å². The molecule has 2 atom stereocenters. The Kier molecular flexibility index (Phi) is 4.81. The second kappa shape index (κ2) is 6.19. The number of nitrogens with one attached hydrogen (secondary N) is 1. The van der Waals surface area contributed by atoms with Crippen LogP contribution in [0.4, 0.5) is 0 Å². The molecule has 2 unspecified atom stereocenters. The molecular formula is C12H22N2O4S. The van der Waals surface area contributed by atoms with Crippen LogP contribution >= 0.6 is 0 Å². The maximum absolute atomic E-state index is 12.2. The molecule has 0 aromatic heterocycles. The summed E-state index contributed by atoms with van der Waals surface area (Å²) in [5, 5.41) is 3.04. The molecule has 2 aliphatic heterocycles. The fourth-order valence-corrected chi connectivity index (χ4v) is 4.57. The molecule has 19 heavy (non-hydrogen) atoms. The van der Waals surface area contributed by atoms with Gasteiger partial charge in [0.2, 0.25) is 5.91 Å². The smallest absolute Gasteiger partial charge is 0.223 e. The van der Waals surface area contributed by atoms with Gasteiger partial charge in [-0.1, -0.05) is 0 Å². The molecule has 1 amide bonds. The van der Waals surface area contributed by atoms with Crippen molar-refractivity contribution in [3.05, 3.63) is 0 Å². The van der Waals surface area contributed by atoms with E-state index in [1.165, 1.54) is 0 Å². The number of hydrogen-bond acceptors (Lipinski definition) is 5. The van der Waals surface area contributed by atoms with Gasteiger partial charge in [-0.25, -0.2) is 8.42 Å². The molecule has 2 fully saturated rings. The monoisotopic (exact) mass is 290 g/mol. The lowest BCUT2D eigenvalue weighted by molar-refractivity contribution is -0.139. The van der Waals surface area contributed by atoms with E-state index in [0.717, 1.165) is 6.54 Å². The first-order valence-electron chi connectivity index (χ1n) is 6.74. The van der Waals surface area contributed by atoms with Crippen LogP contribution in [0.15, 0.2) is 0 Å². The van der Waals surface area contributed by atoms with Gasteiger partial charge in [-0.15, -0.1) is 0 Å². The van der Waals surface area contributed by atoms with E-state index in [2.05, 4.69) is 5.32 Å². The van der Waals surface area contributed by atoms with Gasteiger partial charge in [0.1, 0.15) is 0 Å². The number of morpholine rings is 1. The topological polar surface area (TPSA) is 75.7 Å². The van der Waals surface area contributed by atoms with Crippen molar-refractivity contribution in [2.24, 2.45) is 5.92 Å². The lowest BCUT2D eigenvalue weighted by atomic mass is 10.0. The highest BCUT2D eigenvalue weighted by Crippen LogP contribution is 2.22. The van der Waals surface area contributed by atoms with Crippen LogP contribution in [0.25, 0.3) is 0 Å². The third kappa shape index (κ3) is 4.15. The summed E-state index contributed by atoms with van der Waals surface area (Å²) >= 11 is 0. The Morgan fingerprint density at radius 2 is 2.26 bits per heavy atom. The van der Waals surface area contributed by atoms with E-state index in [0.29, 0.717) is 32.5 Å². The van der Waals surface area contributed by atoms with E-state index in [-0.39, 0.29) is 29.4 Å². The van der Waals surface area contributed by atoms with E-state index in [9.17, 15) is 13.2 Å². The van der Waals surface area contributed by atoms with E-state index in [1.807, 2.05) is 7.05 Å². The number of rotatable bonds is 4. The van der Waals surface area contributed by atoms with Gasteiger partial charge in [-0.3, -0.25) is 4.79 Å². The molecule has 0 aromatic rings. The minimum absolute atomic E-state index is 0.00287. The molecule has 2 aliphatic rings. The molecule has 7 heteroatoms. The minimum Gasteiger partial charge on any atom is -0.373 e. The SMILES string of the molecule is CNCC1CN(C(=O)CC2CCS(=O)(=O)C2)CCO1. The number of sulfone groups is 1. The second-order valence-electron chi connectivity index (χ2n) is 5.36. The van der Waals surface area contributed by atoms with Crippen LogP contribution in [-0.4, -0.2) is 70.1 Å². The minimum atomic E-state index is -2.90. The molecule has 0 spiro atoms. The number of carbonyl (C=O) groups excluding carboxylic acids is 1. The Morgan fingerprint density at radius 3 is 2.89 bits per heavy atom. The maximum atomic E-state index is 12.2. The van der Waals surface area contributed by atoms with Crippen LogP contribution in [0.3, 0.4) is 0 Å². The highest BCUT2D eigenvalue weighted by molar-refractivity contribution is 7.91. The van der Waals surface area contributed by atoms with Gasteiger partial charge in [-0.2, -0.15) is 0 Å². The lowest BCUT2D eigenvalue weighted by Crippen LogP contribution is -2.48. The average Bonchev–Trinajstić information content (AvgIpc) is 2.69. The van der Waals surface area contributed by atoms with Crippen molar-refractivity contribution in [2.75, 3.05) is 44.8 Å². The standard InChI is InChI=1S/C12H22N2O4S/c1-13-7-11-8-14(3-4-18-11)12(15)6-10-2-5-19(16,17)9-10/h10-11,13H,2-9H2,1H3. The van der Waals surface area contributed by atoms with E-state index in [4.69, 9.17) is 4.74 Å². The molecule has 0 radical (unpaired) electrons. The van der Waals surface area contributed by atoms with Crippen LogP contribution in [0.2, 0.25) is 0 Å². The number of amides is 1. The van der Waals surface area contributed by atoms with Crippen molar-refractivity contribution in [1.82, 2.24) is 10.2 Å². The molecule has 110 valence electrons. The van der Waals surface area contributed by atoms with Gasteiger partial charge in [0, 0.05) is 26.1 Å². The van der Waals surface area contributed by atoms with Crippen LogP contribution < -0.4 is 5.32 Å². The molecular weight excluding hydrogens is 268 g/mol. The molecule has 0 bridgehead atoms. The molecule has 1 N–H and O–H groups in total. The summed E-state index contributed by atoms with van der Waals surface area (Å²) in [6, 6.07) is 0. The van der Waals surface area contributed by atoms with Crippen molar-refractivity contribution in [3.63, 3.8) is 0 Å². The lowest BCUT2D eigenvalue weighted by Gasteiger charge is -2.33. The summed E-state index contributed by atoms with van der Waals surface area (Å²) in [4.78, 5) is 14.0. The molecule has 2 heterocycles. The van der Waals surface area contributed by atoms with Gasteiger partial charge in [0.15, 0.2) is 9.84 Å². The maximum Gasteiger partial charge on any atom is 0.223 e. The normalized spacial score (nSPS) is 30.5. The first-order chi connectivity index (χ1) is 9.00. The van der Waals surface area contributed by atoms with Crippen molar-refractivity contribution in [1.29, 1.82) is 0 Å². The number of carbonyl (C=O) groups is 1. The predicted molar refractivity (Wildman–Crippen MR) is 71.6 cm³/mol. The molecule has 0 saturated carbocycles. The number of likely N-dealkylation sites (N-methyl/N-ethyl adjacent to an activating group) is 1. The Bertz CT molecular complexity index is 421. The summed E-state index contributed by atoms with van der Waals surface area (Å²) in [6.07, 6.45) is 1.01. The Morgan fingerprint density at radius 1 is 1.47 bits per heavy atom. The quantitative estimate of drug-likeness (QED) is 0.738. The highest BCUT2D eigenvalue weighted by Gasteiger charge is 2.32. The zero-order valence-electron chi connectivity index (χ0n) is 11.3. The number of hydrogen-bond donors (Lipinski definition) is 1. The van der Waals surface area contributed by atoms with Gasteiger partial charge in [-0.05, 0) is 19.4 Å². The Labute approximate surface area is 114 Å². The third-order valence-electron chi connectivity index (χ3n) is 3.71. The fraction of sp³-hybridized carbons (Fsp3) is 0.917. The summed E-state index contributed by atoms with van der Waals surface area (Å²) < 4.78 is 28.3. The third-order valence-corrected chi connectivity index (χ3v) is 5.55. The summed E-state index contributed by atoms with van der Waals surface area (Å²) in [5.41, 5.74) is 0. The first-order valence-corrected chi connectivity index (χ1v) is 8.56.